The maximum absolute atomic E-state index is 12.0. The normalized spacial score (nSPS) is 11.2. The van der Waals surface area contributed by atoms with Crippen molar-refractivity contribution in [1.82, 2.24) is 4.98 Å². The van der Waals surface area contributed by atoms with Crippen molar-refractivity contribution in [2.45, 2.75) is 11.8 Å². The zero-order valence-electron chi connectivity index (χ0n) is 9.59. The summed E-state index contributed by atoms with van der Waals surface area (Å²) in [6.07, 6.45) is 1.55. The first-order valence-corrected chi connectivity index (χ1v) is 7.04. The van der Waals surface area contributed by atoms with Gasteiger partial charge in [0.1, 0.15) is 5.82 Å². The molecule has 0 bridgehead atoms. The van der Waals surface area contributed by atoms with E-state index in [9.17, 15) is 8.42 Å². The van der Waals surface area contributed by atoms with E-state index in [4.69, 9.17) is 11.6 Å². The van der Waals surface area contributed by atoms with Crippen LogP contribution in [0.3, 0.4) is 0 Å². The van der Waals surface area contributed by atoms with Gasteiger partial charge in [0.2, 0.25) is 0 Å². The van der Waals surface area contributed by atoms with Crippen LogP contribution in [0.5, 0.6) is 0 Å². The van der Waals surface area contributed by atoms with E-state index in [0.29, 0.717) is 10.8 Å². The second-order valence-corrected chi connectivity index (χ2v) is 5.90. The fourth-order valence-corrected chi connectivity index (χ4v) is 2.53. The average molecular weight is 283 g/mol. The van der Waals surface area contributed by atoms with Crippen LogP contribution in [0.25, 0.3) is 0 Å². The Morgan fingerprint density at radius 2 is 1.83 bits per heavy atom. The molecule has 0 atom stereocenters. The van der Waals surface area contributed by atoms with Gasteiger partial charge in [0.15, 0.2) is 0 Å². The zero-order chi connectivity index (χ0) is 13.2. The molecule has 0 saturated carbocycles. The third-order valence-electron chi connectivity index (χ3n) is 2.28. The Hall–Kier alpha value is -1.59. The minimum Gasteiger partial charge on any atom is -0.263 e. The molecule has 0 spiro atoms. The number of anilines is 1. The van der Waals surface area contributed by atoms with E-state index in [-0.39, 0.29) is 4.90 Å². The number of hydrogen-bond acceptors (Lipinski definition) is 3. The molecule has 0 aliphatic heterocycles. The molecule has 1 aromatic carbocycles. The summed E-state index contributed by atoms with van der Waals surface area (Å²) in [5, 5.41) is 0.489. The van der Waals surface area contributed by atoms with E-state index in [0.717, 1.165) is 5.56 Å². The standard InChI is InChI=1S/C12H11ClN2O2S/c1-9-6-7-14-12(8-9)15-18(16,17)11-4-2-10(13)3-5-11/h2-8H,1H3,(H,14,15). The van der Waals surface area contributed by atoms with Crippen LogP contribution >= 0.6 is 11.6 Å². The Balaban J connectivity index is 2.30. The van der Waals surface area contributed by atoms with Crippen molar-refractivity contribution >= 4 is 27.4 Å². The highest BCUT2D eigenvalue weighted by molar-refractivity contribution is 7.92. The van der Waals surface area contributed by atoms with Gasteiger partial charge in [-0.2, -0.15) is 0 Å². The SMILES string of the molecule is Cc1ccnc(NS(=O)(=O)c2ccc(Cl)cc2)c1. The van der Waals surface area contributed by atoms with Crippen LogP contribution in [0, 0.1) is 6.92 Å². The summed E-state index contributed by atoms with van der Waals surface area (Å²) < 4.78 is 26.5. The Labute approximate surface area is 111 Å². The van der Waals surface area contributed by atoms with Crippen molar-refractivity contribution in [3.8, 4) is 0 Å². The lowest BCUT2D eigenvalue weighted by atomic mass is 10.3. The van der Waals surface area contributed by atoms with Crippen molar-refractivity contribution in [2.75, 3.05) is 4.72 Å². The van der Waals surface area contributed by atoms with E-state index < -0.39 is 10.0 Å². The first-order chi connectivity index (χ1) is 8.47. The highest BCUT2D eigenvalue weighted by atomic mass is 35.5. The van der Waals surface area contributed by atoms with Crippen LogP contribution in [0.1, 0.15) is 5.56 Å². The van der Waals surface area contributed by atoms with Crippen LogP contribution in [0.4, 0.5) is 5.82 Å². The molecular formula is C12H11ClN2O2S. The molecule has 94 valence electrons. The number of aromatic nitrogens is 1. The van der Waals surface area contributed by atoms with Gasteiger partial charge >= 0.3 is 0 Å². The third kappa shape index (κ3) is 3.00. The fourth-order valence-electron chi connectivity index (χ4n) is 1.40. The summed E-state index contributed by atoms with van der Waals surface area (Å²) in [7, 11) is -3.62. The van der Waals surface area contributed by atoms with E-state index in [1.165, 1.54) is 24.3 Å². The monoisotopic (exact) mass is 282 g/mol. The summed E-state index contributed by atoms with van der Waals surface area (Å²) >= 11 is 5.72. The zero-order valence-corrected chi connectivity index (χ0v) is 11.2. The van der Waals surface area contributed by atoms with Gasteiger partial charge in [0.25, 0.3) is 10.0 Å². The summed E-state index contributed by atoms with van der Waals surface area (Å²) in [5.41, 5.74) is 0.929. The second kappa shape index (κ2) is 4.96. The van der Waals surface area contributed by atoms with Gasteiger partial charge in [0.05, 0.1) is 4.90 Å². The molecule has 0 aliphatic carbocycles. The first-order valence-electron chi connectivity index (χ1n) is 5.18. The van der Waals surface area contributed by atoms with Gasteiger partial charge in [-0.1, -0.05) is 11.6 Å². The lowest BCUT2D eigenvalue weighted by Crippen LogP contribution is -2.13. The highest BCUT2D eigenvalue weighted by Crippen LogP contribution is 2.17. The van der Waals surface area contributed by atoms with Gasteiger partial charge < -0.3 is 0 Å². The smallest absolute Gasteiger partial charge is 0.263 e. The summed E-state index contributed by atoms with van der Waals surface area (Å²) in [6, 6.07) is 9.40. The minimum atomic E-state index is -3.62. The number of pyridine rings is 1. The number of halogens is 1. The van der Waals surface area contributed by atoms with Crippen molar-refractivity contribution in [2.24, 2.45) is 0 Å². The van der Waals surface area contributed by atoms with Gasteiger partial charge in [-0.3, -0.25) is 4.72 Å². The van der Waals surface area contributed by atoms with Gasteiger partial charge in [-0.25, -0.2) is 13.4 Å². The maximum atomic E-state index is 12.0. The van der Waals surface area contributed by atoms with Crippen LogP contribution in [-0.4, -0.2) is 13.4 Å². The molecule has 0 unspecified atom stereocenters. The molecule has 0 amide bonds. The number of rotatable bonds is 3. The Morgan fingerprint density at radius 1 is 1.17 bits per heavy atom. The predicted molar refractivity (Wildman–Crippen MR) is 71.2 cm³/mol. The third-order valence-corrected chi connectivity index (χ3v) is 3.90. The predicted octanol–water partition coefficient (Wildman–Crippen LogP) is 2.84. The van der Waals surface area contributed by atoms with E-state index in [1.54, 1.807) is 18.3 Å². The number of nitrogens with one attached hydrogen (secondary N) is 1. The van der Waals surface area contributed by atoms with Crippen LogP contribution in [0.2, 0.25) is 5.02 Å². The lowest BCUT2D eigenvalue weighted by Gasteiger charge is -2.07. The average Bonchev–Trinajstić information content (AvgIpc) is 2.29. The summed E-state index contributed by atoms with van der Waals surface area (Å²) in [6.45, 7) is 1.86. The number of benzene rings is 1. The fraction of sp³-hybridized carbons (Fsp3) is 0.0833. The largest absolute Gasteiger partial charge is 0.263 e. The molecule has 1 aromatic heterocycles. The van der Waals surface area contributed by atoms with Crippen LogP contribution < -0.4 is 4.72 Å². The topological polar surface area (TPSA) is 59.1 Å². The van der Waals surface area contributed by atoms with Crippen molar-refractivity contribution < 1.29 is 8.42 Å². The molecule has 0 fully saturated rings. The molecule has 2 aromatic rings. The van der Waals surface area contributed by atoms with Gasteiger partial charge in [0, 0.05) is 11.2 Å². The Bertz CT molecular complexity index is 654. The Morgan fingerprint density at radius 3 is 2.44 bits per heavy atom. The maximum Gasteiger partial charge on any atom is 0.263 e. The van der Waals surface area contributed by atoms with Crippen molar-refractivity contribution in [1.29, 1.82) is 0 Å². The van der Waals surface area contributed by atoms with Crippen LogP contribution in [-0.2, 0) is 10.0 Å². The lowest BCUT2D eigenvalue weighted by molar-refractivity contribution is 0.601. The quantitative estimate of drug-likeness (QED) is 0.942. The molecule has 1 N–H and O–H groups in total. The molecule has 0 saturated heterocycles. The molecule has 0 radical (unpaired) electrons. The van der Waals surface area contributed by atoms with E-state index in [1.807, 2.05) is 6.92 Å². The molecular weight excluding hydrogens is 272 g/mol. The van der Waals surface area contributed by atoms with E-state index in [2.05, 4.69) is 9.71 Å². The number of nitrogens with zero attached hydrogens (tertiary/aromatic N) is 1. The summed E-state index contributed by atoms with van der Waals surface area (Å²) in [4.78, 5) is 4.10. The van der Waals surface area contributed by atoms with Crippen LogP contribution in [0.15, 0.2) is 47.5 Å². The highest BCUT2D eigenvalue weighted by Gasteiger charge is 2.14. The molecule has 1 heterocycles. The first kappa shape index (κ1) is 12.9. The van der Waals surface area contributed by atoms with E-state index >= 15 is 0 Å². The number of aryl methyl sites for hydroxylation is 1. The molecule has 6 heteroatoms. The molecule has 18 heavy (non-hydrogen) atoms. The minimum absolute atomic E-state index is 0.148. The molecule has 0 aliphatic rings. The van der Waals surface area contributed by atoms with Crippen molar-refractivity contribution in [3.05, 3.63) is 53.2 Å². The number of hydrogen-bond donors (Lipinski definition) is 1. The van der Waals surface area contributed by atoms with Crippen molar-refractivity contribution in [3.63, 3.8) is 0 Å². The summed E-state index contributed by atoms with van der Waals surface area (Å²) in [5.74, 6) is 0.296. The molecule has 2 rings (SSSR count). The number of sulfonamides is 1. The second-order valence-electron chi connectivity index (χ2n) is 3.78. The molecule has 4 nitrogen and oxygen atoms in total. The van der Waals surface area contributed by atoms with Gasteiger partial charge in [-0.15, -0.1) is 0 Å². The van der Waals surface area contributed by atoms with Gasteiger partial charge in [-0.05, 0) is 48.9 Å². The Kier molecular flexibility index (Phi) is 3.54.